The molecule has 0 saturated carbocycles. The van der Waals surface area contributed by atoms with Gasteiger partial charge in [0.25, 0.3) is 0 Å². The fraction of sp³-hybridized carbons (Fsp3) is 0.167. The van der Waals surface area contributed by atoms with Crippen molar-refractivity contribution in [1.29, 1.82) is 0 Å². The minimum absolute atomic E-state index is 0.0880. The second-order valence-corrected chi connectivity index (χ2v) is 6.80. The van der Waals surface area contributed by atoms with Gasteiger partial charge in [-0.1, -0.05) is 29.3 Å². The largest absolute Gasteiger partial charge is 0.324 e. The third-order valence-corrected chi connectivity index (χ3v) is 4.73. The predicted molar refractivity (Wildman–Crippen MR) is 79.1 cm³/mol. The van der Waals surface area contributed by atoms with E-state index in [1.165, 1.54) is 0 Å². The molecule has 0 aliphatic carbocycles. The molecule has 0 spiro atoms. The Labute approximate surface area is 123 Å². The molecular weight excluding hydrogens is 341 g/mol. The minimum Gasteiger partial charge on any atom is -0.324 e. The van der Waals surface area contributed by atoms with Crippen LogP contribution >= 0.6 is 50.5 Å². The lowest BCUT2D eigenvalue weighted by atomic mass is 10.0. The van der Waals surface area contributed by atoms with Crippen LogP contribution in [0.2, 0.25) is 10.0 Å². The summed E-state index contributed by atoms with van der Waals surface area (Å²) in [7, 11) is 0. The van der Waals surface area contributed by atoms with Crippen molar-refractivity contribution in [3.8, 4) is 0 Å². The van der Waals surface area contributed by atoms with Gasteiger partial charge in [-0.3, -0.25) is 0 Å². The van der Waals surface area contributed by atoms with E-state index < -0.39 is 0 Å². The molecule has 17 heavy (non-hydrogen) atoms. The van der Waals surface area contributed by atoms with E-state index in [-0.39, 0.29) is 6.04 Å². The third-order valence-electron chi connectivity index (χ3n) is 2.50. The summed E-state index contributed by atoms with van der Waals surface area (Å²) >= 11 is 17.3. The second-order valence-electron chi connectivity index (χ2n) is 3.69. The highest BCUT2D eigenvalue weighted by Gasteiger charge is 2.13. The summed E-state index contributed by atoms with van der Waals surface area (Å²) in [5.74, 6) is 0. The van der Waals surface area contributed by atoms with Gasteiger partial charge < -0.3 is 5.73 Å². The van der Waals surface area contributed by atoms with Gasteiger partial charge in [-0.05, 0) is 57.1 Å². The van der Waals surface area contributed by atoms with E-state index in [4.69, 9.17) is 28.9 Å². The van der Waals surface area contributed by atoms with E-state index in [9.17, 15) is 0 Å². The van der Waals surface area contributed by atoms with Crippen LogP contribution in [0.4, 0.5) is 0 Å². The molecule has 1 heterocycles. The average Bonchev–Trinajstić information content (AvgIpc) is 2.70. The van der Waals surface area contributed by atoms with Gasteiger partial charge >= 0.3 is 0 Å². The summed E-state index contributed by atoms with van der Waals surface area (Å²) in [5.41, 5.74) is 8.15. The topological polar surface area (TPSA) is 26.0 Å². The fourth-order valence-electron chi connectivity index (χ4n) is 1.58. The first-order valence-corrected chi connectivity index (χ1v) is 7.43. The molecule has 0 amide bonds. The number of benzene rings is 1. The summed E-state index contributed by atoms with van der Waals surface area (Å²) in [6, 6.07) is 7.44. The molecule has 2 aromatic rings. The standard InChI is InChI=1S/C12H10BrCl2NS/c13-12-4-7(6-17-12)11(16)5-8-9(14)2-1-3-10(8)15/h1-4,6,11H,5,16H2. The quantitative estimate of drug-likeness (QED) is 0.822. The Balaban J connectivity index is 2.21. The number of thiophene rings is 1. The van der Waals surface area contributed by atoms with Crippen molar-refractivity contribution in [1.82, 2.24) is 0 Å². The van der Waals surface area contributed by atoms with Crippen LogP contribution in [-0.2, 0) is 6.42 Å². The maximum atomic E-state index is 6.15. The summed E-state index contributed by atoms with van der Waals surface area (Å²) in [6.45, 7) is 0. The Hall–Kier alpha value is -0.0600. The number of hydrogen-bond acceptors (Lipinski definition) is 2. The van der Waals surface area contributed by atoms with Gasteiger partial charge in [0.1, 0.15) is 0 Å². The molecule has 2 N–H and O–H groups in total. The SMILES string of the molecule is NC(Cc1c(Cl)cccc1Cl)c1csc(Br)c1. The number of rotatable bonds is 3. The molecule has 0 bridgehead atoms. The molecule has 0 fully saturated rings. The maximum absolute atomic E-state index is 6.15. The lowest BCUT2D eigenvalue weighted by Crippen LogP contribution is -2.13. The first-order chi connectivity index (χ1) is 8.08. The Bertz CT molecular complexity index is 507. The molecule has 1 aromatic carbocycles. The van der Waals surface area contributed by atoms with Gasteiger partial charge in [-0.2, -0.15) is 0 Å². The molecule has 1 nitrogen and oxygen atoms in total. The van der Waals surface area contributed by atoms with Crippen molar-refractivity contribution in [3.05, 3.63) is 54.6 Å². The van der Waals surface area contributed by atoms with E-state index in [2.05, 4.69) is 15.9 Å². The third kappa shape index (κ3) is 3.24. The number of halogens is 3. The molecule has 5 heteroatoms. The molecule has 0 saturated heterocycles. The average molecular weight is 351 g/mol. The van der Waals surface area contributed by atoms with Crippen LogP contribution in [0.15, 0.2) is 33.4 Å². The van der Waals surface area contributed by atoms with Crippen molar-refractivity contribution in [3.63, 3.8) is 0 Å². The summed E-state index contributed by atoms with van der Waals surface area (Å²) in [6.07, 6.45) is 0.641. The van der Waals surface area contributed by atoms with Crippen molar-refractivity contribution < 1.29 is 0 Å². The molecule has 90 valence electrons. The van der Waals surface area contributed by atoms with Crippen molar-refractivity contribution >= 4 is 50.5 Å². The van der Waals surface area contributed by atoms with E-state index in [0.717, 1.165) is 14.9 Å². The zero-order valence-corrected chi connectivity index (χ0v) is 12.7. The van der Waals surface area contributed by atoms with Gasteiger partial charge in [-0.25, -0.2) is 0 Å². The highest BCUT2D eigenvalue weighted by molar-refractivity contribution is 9.11. The van der Waals surface area contributed by atoms with Crippen LogP contribution in [0.25, 0.3) is 0 Å². The fourth-order valence-corrected chi connectivity index (χ4v) is 3.38. The molecule has 1 aromatic heterocycles. The lowest BCUT2D eigenvalue weighted by molar-refractivity contribution is 0.725. The molecule has 1 unspecified atom stereocenters. The highest BCUT2D eigenvalue weighted by Crippen LogP contribution is 2.30. The zero-order valence-electron chi connectivity index (χ0n) is 8.79. The van der Waals surface area contributed by atoms with Crippen molar-refractivity contribution in [2.45, 2.75) is 12.5 Å². The Kier molecular flexibility index (Phi) is 4.50. The van der Waals surface area contributed by atoms with E-state index in [1.807, 2.05) is 29.6 Å². The first-order valence-electron chi connectivity index (χ1n) is 5.00. The monoisotopic (exact) mass is 349 g/mol. The predicted octanol–water partition coefficient (Wildman–Crippen LogP) is 5.06. The highest BCUT2D eigenvalue weighted by atomic mass is 79.9. The van der Waals surface area contributed by atoms with Gasteiger partial charge in [0.05, 0.1) is 3.79 Å². The molecule has 0 aliphatic rings. The minimum atomic E-state index is -0.0880. The van der Waals surface area contributed by atoms with Crippen LogP contribution < -0.4 is 5.73 Å². The van der Waals surface area contributed by atoms with Gasteiger partial charge in [-0.15, -0.1) is 11.3 Å². The summed E-state index contributed by atoms with van der Waals surface area (Å²) in [4.78, 5) is 0. The van der Waals surface area contributed by atoms with Gasteiger partial charge in [0.15, 0.2) is 0 Å². The molecule has 2 rings (SSSR count). The van der Waals surface area contributed by atoms with E-state index >= 15 is 0 Å². The molecular formula is C12H10BrCl2NS. The maximum Gasteiger partial charge on any atom is 0.0701 e. The summed E-state index contributed by atoms with van der Waals surface area (Å²) < 4.78 is 1.08. The van der Waals surface area contributed by atoms with E-state index in [1.54, 1.807) is 11.3 Å². The van der Waals surface area contributed by atoms with Crippen LogP contribution in [0.1, 0.15) is 17.2 Å². The zero-order chi connectivity index (χ0) is 12.4. The lowest BCUT2D eigenvalue weighted by Gasteiger charge is -2.12. The Morgan fingerprint density at radius 2 is 1.94 bits per heavy atom. The van der Waals surface area contributed by atoms with E-state index in [0.29, 0.717) is 16.5 Å². The van der Waals surface area contributed by atoms with Crippen LogP contribution in [0.3, 0.4) is 0 Å². The number of nitrogens with two attached hydrogens (primary N) is 1. The van der Waals surface area contributed by atoms with Gasteiger partial charge in [0.2, 0.25) is 0 Å². The smallest absolute Gasteiger partial charge is 0.0701 e. The normalized spacial score (nSPS) is 12.7. The summed E-state index contributed by atoms with van der Waals surface area (Å²) in [5, 5.41) is 3.38. The second kappa shape index (κ2) is 5.72. The van der Waals surface area contributed by atoms with Crippen LogP contribution in [0, 0.1) is 0 Å². The molecule has 1 atom stereocenters. The Morgan fingerprint density at radius 3 is 2.47 bits per heavy atom. The Morgan fingerprint density at radius 1 is 1.29 bits per heavy atom. The van der Waals surface area contributed by atoms with Crippen LogP contribution in [-0.4, -0.2) is 0 Å². The van der Waals surface area contributed by atoms with Crippen LogP contribution in [0.5, 0.6) is 0 Å². The molecule has 0 radical (unpaired) electrons. The number of hydrogen-bond donors (Lipinski definition) is 1. The van der Waals surface area contributed by atoms with Crippen molar-refractivity contribution in [2.75, 3.05) is 0 Å². The first kappa shape index (κ1) is 13.4. The molecule has 0 aliphatic heterocycles. The van der Waals surface area contributed by atoms with Gasteiger partial charge in [0, 0.05) is 16.1 Å². The van der Waals surface area contributed by atoms with Crippen molar-refractivity contribution in [2.24, 2.45) is 5.73 Å².